The van der Waals surface area contributed by atoms with Crippen LogP contribution >= 0.6 is 38.5 Å². The van der Waals surface area contributed by atoms with Gasteiger partial charge in [0.1, 0.15) is 11.8 Å². The SMILES string of the molecule is N#Cc1c(I)cnc(C(F)F)c1Br. The van der Waals surface area contributed by atoms with Crippen LogP contribution in [-0.2, 0) is 0 Å². The second kappa shape index (κ2) is 4.28. The van der Waals surface area contributed by atoms with Crippen molar-refractivity contribution in [1.29, 1.82) is 5.26 Å². The summed E-state index contributed by atoms with van der Waals surface area (Å²) in [6.45, 7) is 0. The van der Waals surface area contributed by atoms with Crippen LogP contribution in [0.15, 0.2) is 10.7 Å². The summed E-state index contributed by atoms with van der Waals surface area (Å²) >= 11 is 4.79. The van der Waals surface area contributed by atoms with Crippen LogP contribution in [0.4, 0.5) is 8.78 Å². The first-order chi connectivity index (χ1) is 6.07. The smallest absolute Gasteiger partial charge is 0.253 e. The van der Waals surface area contributed by atoms with Crippen LogP contribution in [-0.4, -0.2) is 4.98 Å². The molecule has 0 amide bonds. The molecule has 1 aromatic rings. The van der Waals surface area contributed by atoms with Gasteiger partial charge >= 0.3 is 0 Å². The van der Waals surface area contributed by atoms with Crippen LogP contribution in [0.1, 0.15) is 17.7 Å². The first-order valence-electron chi connectivity index (χ1n) is 3.10. The molecule has 1 rings (SSSR count). The molecule has 0 N–H and O–H groups in total. The van der Waals surface area contributed by atoms with Crippen molar-refractivity contribution in [2.24, 2.45) is 0 Å². The van der Waals surface area contributed by atoms with E-state index in [0.717, 1.165) is 0 Å². The summed E-state index contributed by atoms with van der Waals surface area (Å²) in [6, 6.07) is 1.83. The Morgan fingerprint density at radius 3 is 2.69 bits per heavy atom. The fraction of sp³-hybridized carbons (Fsp3) is 0.143. The minimum atomic E-state index is -2.67. The van der Waals surface area contributed by atoms with Gasteiger partial charge in [-0.25, -0.2) is 8.78 Å². The van der Waals surface area contributed by atoms with Gasteiger partial charge in [-0.1, -0.05) is 0 Å². The van der Waals surface area contributed by atoms with Gasteiger partial charge in [0.25, 0.3) is 6.43 Å². The fourth-order valence-electron chi connectivity index (χ4n) is 0.735. The predicted octanol–water partition coefficient (Wildman–Crippen LogP) is 3.26. The zero-order valence-electron chi connectivity index (χ0n) is 6.06. The van der Waals surface area contributed by atoms with Crippen LogP contribution in [0.25, 0.3) is 0 Å². The fourth-order valence-corrected chi connectivity index (χ4v) is 2.21. The van der Waals surface area contributed by atoms with Crippen molar-refractivity contribution < 1.29 is 8.78 Å². The maximum atomic E-state index is 12.3. The monoisotopic (exact) mass is 358 g/mol. The molecule has 0 saturated heterocycles. The lowest BCUT2D eigenvalue weighted by Crippen LogP contribution is -1.96. The maximum Gasteiger partial charge on any atom is 0.281 e. The van der Waals surface area contributed by atoms with Crippen molar-refractivity contribution in [3.8, 4) is 6.07 Å². The third kappa shape index (κ3) is 2.14. The third-order valence-corrected chi connectivity index (χ3v) is 2.94. The molecule has 1 heterocycles. The summed E-state index contributed by atoms with van der Waals surface area (Å²) in [4.78, 5) is 3.53. The van der Waals surface area contributed by atoms with Gasteiger partial charge in [-0.05, 0) is 38.5 Å². The molecule has 0 unspecified atom stereocenters. The van der Waals surface area contributed by atoms with Gasteiger partial charge in [-0.15, -0.1) is 0 Å². The van der Waals surface area contributed by atoms with Crippen LogP contribution in [0.3, 0.4) is 0 Å². The highest BCUT2D eigenvalue weighted by Crippen LogP contribution is 2.30. The first kappa shape index (κ1) is 10.8. The Morgan fingerprint density at radius 1 is 1.62 bits per heavy atom. The highest BCUT2D eigenvalue weighted by atomic mass is 127. The number of hydrogen-bond donors (Lipinski definition) is 0. The number of rotatable bonds is 1. The molecule has 68 valence electrons. The van der Waals surface area contributed by atoms with E-state index in [2.05, 4.69) is 20.9 Å². The van der Waals surface area contributed by atoms with Crippen molar-refractivity contribution in [2.75, 3.05) is 0 Å². The lowest BCUT2D eigenvalue weighted by atomic mass is 10.2. The Bertz CT molecular complexity index is 375. The molecular weight excluding hydrogens is 357 g/mol. The molecule has 0 aliphatic heterocycles. The van der Waals surface area contributed by atoms with Gasteiger partial charge in [0.2, 0.25) is 0 Å². The van der Waals surface area contributed by atoms with E-state index in [4.69, 9.17) is 5.26 Å². The van der Waals surface area contributed by atoms with Gasteiger partial charge < -0.3 is 0 Å². The summed E-state index contributed by atoms with van der Waals surface area (Å²) in [6.07, 6.45) is -1.41. The highest BCUT2D eigenvalue weighted by molar-refractivity contribution is 14.1. The summed E-state index contributed by atoms with van der Waals surface area (Å²) in [5, 5.41) is 8.65. The molecule has 6 heteroatoms. The molecule has 0 aliphatic rings. The van der Waals surface area contributed by atoms with Crippen LogP contribution in [0.5, 0.6) is 0 Å². The Kier molecular flexibility index (Phi) is 3.55. The van der Waals surface area contributed by atoms with Gasteiger partial charge in [0.05, 0.1) is 13.6 Å². The highest BCUT2D eigenvalue weighted by Gasteiger charge is 2.17. The largest absolute Gasteiger partial charge is 0.281 e. The second-order valence-corrected chi connectivity index (χ2v) is 4.05. The minimum Gasteiger partial charge on any atom is -0.253 e. The van der Waals surface area contributed by atoms with E-state index >= 15 is 0 Å². The third-order valence-electron chi connectivity index (χ3n) is 1.32. The standard InChI is InChI=1S/C7H2BrF2IN2/c8-5-3(1-12)4(11)2-13-6(5)7(9)10/h2,7H. The molecule has 1 aromatic heterocycles. The number of aromatic nitrogens is 1. The summed E-state index contributed by atoms with van der Waals surface area (Å²) in [7, 11) is 0. The number of pyridine rings is 1. The summed E-state index contributed by atoms with van der Waals surface area (Å²) < 4.78 is 25.2. The Hall–Kier alpha value is -0.290. The lowest BCUT2D eigenvalue weighted by molar-refractivity contribution is 0.145. The average molecular weight is 359 g/mol. The Morgan fingerprint density at radius 2 is 2.23 bits per heavy atom. The lowest BCUT2D eigenvalue weighted by Gasteiger charge is -2.04. The van der Waals surface area contributed by atoms with Crippen LogP contribution in [0, 0.1) is 14.9 Å². The normalized spacial score (nSPS) is 10.2. The maximum absolute atomic E-state index is 12.3. The van der Waals surface area contributed by atoms with Crippen LogP contribution in [0.2, 0.25) is 0 Å². The number of alkyl halides is 2. The molecule has 0 aromatic carbocycles. The van der Waals surface area contributed by atoms with E-state index in [-0.39, 0.29) is 10.0 Å². The zero-order chi connectivity index (χ0) is 10.0. The number of hydrogen-bond acceptors (Lipinski definition) is 2. The van der Waals surface area contributed by atoms with Gasteiger partial charge in [-0.2, -0.15) is 5.26 Å². The van der Waals surface area contributed by atoms with E-state index in [1.807, 2.05) is 28.7 Å². The summed E-state index contributed by atoms with van der Waals surface area (Å²) in [5.41, 5.74) is -0.192. The predicted molar refractivity (Wildman–Crippen MR) is 54.3 cm³/mol. The molecule has 0 fully saturated rings. The van der Waals surface area contributed by atoms with Gasteiger partial charge in [0, 0.05) is 6.20 Å². The molecular formula is C7H2BrF2IN2. The zero-order valence-corrected chi connectivity index (χ0v) is 9.80. The van der Waals surface area contributed by atoms with E-state index in [9.17, 15) is 8.78 Å². The molecule has 0 aliphatic carbocycles. The van der Waals surface area contributed by atoms with E-state index in [1.165, 1.54) is 6.20 Å². The molecule has 13 heavy (non-hydrogen) atoms. The quantitative estimate of drug-likeness (QED) is 0.722. The van der Waals surface area contributed by atoms with Crippen molar-refractivity contribution in [3.63, 3.8) is 0 Å². The molecule has 2 nitrogen and oxygen atoms in total. The van der Waals surface area contributed by atoms with Crippen molar-refractivity contribution >= 4 is 38.5 Å². The van der Waals surface area contributed by atoms with E-state index < -0.39 is 12.1 Å². The molecule has 0 atom stereocenters. The molecule has 0 bridgehead atoms. The molecule has 0 spiro atoms. The van der Waals surface area contributed by atoms with Gasteiger partial charge in [-0.3, -0.25) is 4.98 Å². The number of halogens is 4. The average Bonchev–Trinajstić information content (AvgIpc) is 2.04. The topological polar surface area (TPSA) is 36.7 Å². The van der Waals surface area contributed by atoms with E-state index in [0.29, 0.717) is 3.57 Å². The van der Waals surface area contributed by atoms with Crippen molar-refractivity contribution in [3.05, 3.63) is 25.5 Å². The minimum absolute atomic E-state index is 0.0805. The number of nitriles is 1. The first-order valence-corrected chi connectivity index (χ1v) is 4.97. The van der Waals surface area contributed by atoms with Crippen molar-refractivity contribution in [1.82, 2.24) is 4.98 Å². The Balaban J connectivity index is 3.38. The van der Waals surface area contributed by atoms with E-state index in [1.54, 1.807) is 0 Å². The number of nitrogens with zero attached hydrogens (tertiary/aromatic N) is 2. The summed E-state index contributed by atoms with van der Waals surface area (Å²) in [5.74, 6) is 0. The van der Waals surface area contributed by atoms with Crippen molar-refractivity contribution in [2.45, 2.75) is 6.43 Å². The van der Waals surface area contributed by atoms with Gasteiger partial charge in [0.15, 0.2) is 0 Å². The second-order valence-electron chi connectivity index (χ2n) is 2.09. The molecule has 0 radical (unpaired) electrons. The van der Waals surface area contributed by atoms with Crippen LogP contribution < -0.4 is 0 Å². The molecule has 0 saturated carbocycles. The Labute approximate surface area is 95.2 Å².